The lowest BCUT2D eigenvalue weighted by molar-refractivity contribution is -0.115. The summed E-state index contributed by atoms with van der Waals surface area (Å²) in [5, 5.41) is 12.5. The van der Waals surface area contributed by atoms with E-state index in [1.807, 2.05) is 24.3 Å². The first kappa shape index (κ1) is 13.1. The number of phenols is 1. The second kappa shape index (κ2) is 6.05. The van der Waals surface area contributed by atoms with Crippen LogP contribution in [0.2, 0.25) is 0 Å². The second-order valence-corrected chi connectivity index (χ2v) is 4.41. The molecule has 0 heterocycles. The molecular weight excluding hydrogens is 238 g/mol. The topological polar surface area (TPSA) is 49.3 Å². The summed E-state index contributed by atoms with van der Waals surface area (Å²) in [5.41, 5.74) is 2.60. The van der Waals surface area contributed by atoms with Crippen molar-refractivity contribution in [2.24, 2.45) is 0 Å². The number of anilines is 1. The number of carbonyl (C=O) groups is 1. The average molecular weight is 255 g/mol. The van der Waals surface area contributed by atoms with Crippen LogP contribution in [-0.2, 0) is 17.6 Å². The van der Waals surface area contributed by atoms with Gasteiger partial charge in [-0.2, -0.15) is 0 Å². The summed E-state index contributed by atoms with van der Waals surface area (Å²) in [7, 11) is 0. The second-order valence-electron chi connectivity index (χ2n) is 4.41. The van der Waals surface area contributed by atoms with Crippen LogP contribution in [0.15, 0.2) is 48.5 Å². The Kier molecular flexibility index (Phi) is 4.18. The molecule has 0 fully saturated rings. The van der Waals surface area contributed by atoms with Gasteiger partial charge in [-0.3, -0.25) is 4.79 Å². The number of carbonyl (C=O) groups excluding carboxylic acids is 1. The van der Waals surface area contributed by atoms with Crippen molar-refractivity contribution in [3.63, 3.8) is 0 Å². The minimum absolute atomic E-state index is 0.130. The van der Waals surface area contributed by atoms with Gasteiger partial charge in [0.05, 0.1) is 6.42 Å². The normalized spacial score (nSPS) is 10.2. The molecule has 0 unspecified atom stereocenters. The van der Waals surface area contributed by atoms with E-state index in [1.54, 1.807) is 24.3 Å². The molecule has 0 saturated heterocycles. The molecule has 0 spiro atoms. The average Bonchev–Trinajstić information content (AvgIpc) is 2.41. The van der Waals surface area contributed by atoms with Crippen LogP contribution in [0.5, 0.6) is 5.75 Å². The van der Waals surface area contributed by atoms with Crippen molar-refractivity contribution in [2.75, 3.05) is 5.32 Å². The molecule has 3 nitrogen and oxygen atoms in total. The Morgan fingerprint density at radius 1 is 1.16 bits per heavy atom. The van der Waals surface area contributed by atoms with E-state index < -0.39 is 0 Å². The van der Waals surface area contributed by atoms with Crippen LogP contribution in [0.4, 0.5) is 5.69 Å². The van der Waals surface area contributed by atoms with E-state index in [2.05, 4.69) is 12.2 Å². The predicted molar refractivity (Wildman–Crippen MR) is 76.3 cm³/mol. The van der Waals surface area contributed by atoms with Crippen LogP contribution in [-0.4, -0.2) is 11.0 Å². The molecule has 98 valence electrons. The first-order valence-corrected chi connectivity index (χ1v) is 6.34. The highest BCUT2D eigenvalue weighted by molar-refractivity contribution is 5.92. The molecule has 0 aliphatic rings. The third kappa shape index (κ3) is 3.58. The molecule has 3 heteroatoms. The maximum atomic E-state index is 11.9. The Morgan fingerprint density at radius 3 is 2.68 bits per heavy atom. The smallest absolute Gasteiger partial charge is 0.228 e. The largest absolute Gasteiger partial charge is 0.508 e. The van der Waals surface area contributed by atoms with E-state index in [1.165, 1.54) is 5.56 Å². The molecule has 2 N–H and O–H groups in total. The minimum atomic E-state index is -0.130. The van der Waals surface area contributed by atoms with Gasteiger partial charge >= 0.3 is 0 Å². The molecule has 2 aromatic carbocycles. The lowest BCUT2D eigenvalue weighted by Gasteiger charge is -2.07. The highest BCUT2D eigenvalue weighted by Crippen LogP contribution is 2.17. The molecule has 0 saturated carbocycles. The number of nitrogens with one attached hydrogen (secondary N) is 1. The van der Waals surface area contributed by atoms with Crippen LogP contribution < -0.4 is 5.32 Å². The molecule has 0 aromatic heterocycles. The molecule has 1 amide bonds. The molecule has 2 aromatic rings. The van der Waals surface area contributed by atoms with Crippen molar-refractivity contribution >= 4 is 11.6 Å². The third-order valence-electron chi connectivity index (χ3n) is 2.96. The standard InChI is InChI=1S/C16H17NO2/c1-2-12-6-5-8-14(10-12)17-16(19)11-13-7-3-4-9-15(13)18/h3-10,18H,2,11H2,1H3,(H,17,19). The number of hydrogen-bond donors (Lipinski definition) is 2. The van der Waals surface area contributed by atoms with Gasteiger partial charge in [0.25, 0.3) is 0 Å². The molecule has 0 atom stereocenters. The summed E-state index contributed by atoms with van der Waals surface area (Å²) >= 11 is 0. The van der Waals surface area contributed by atoms with Crippen molar-refractivity contribution in [1.29, 1.82) is 0 Å². The van der Waals surface area contributed by atoms with Crippen molar-refractivity contribution in [3.8, 4) is 5.75 Å². The number of hydrogen-bond acceptors (Lipinski definition) is 2. The summed E-state index contributed by atoms with van der Waals surface area (Å²) in [5.74, 6) is 0.0229. The first-order chi connectivity index (χ1) is 9.19. The fraction of sp³-hybridized carbons (Fsp3) is 0.188. The third-order valence-corrected chi connectivity index (χ3v) is 2.96. The van der Waals surface area contributed by atoms with Crippen LogP contribution >= 0.6 is 0 Å². The summed E-state index contributed by atoms with van der Waals surface area (Å²) in [6.45, 7) is 2.07. The highest BCUT2D eigenvalue weighted by Gasteiger charge is 2.07. The zero-order chi connectivity index (χ0) is 13.7. The number of aryl methyl sites for hydroxylation is 1. The summed E-state index contributed by atoms with van der Waals surface area (Å²) in [6.07, 6.45) is 1.10. The van der Waals surface area contributed by atoms with Gasteiger partial charge in [-0.1, -0.05) is 37.3 Å². The fourth-order valence-corrected chi connectivity index (χ4v) is 1.91. The van der Waals surface area contributed by atoms with Gasteiger partial charge < -0.3 is 10.4 Å². The molecule has 0 aliphatic carbocycles. The Morgan fingerprint density at radius 2 is 1.95 bits per heavy atom. The lowest BCUT2D eigenvalue weighted by Crippen LogP contribution is -2.14. The predicted octanol–water partition coefficient (Wildman–Crippen LogP) is 3.14. The molecule has 19 heavy (non-hydrogen) atoms. The number of amides is 1. The number of aromatic hydroxyl groups is 1. The van der Waals surface area contributed by atoms with Gasteiger partial charge in [-0.25, -0.2) is 0 Å². The zero-order valence-electron chi connectivity index (χ0n) is 10.9. The maximum absolute atomic E-state index is 11.9. The van der Waals surface area contributed by atoms with Gasteiger partial charge in [-0.15, -0.1) is 0 Å². The Bertz CT molecular complexity index is 578. The number of para-hydroxylation sites is 1. The molecule has 0 radical (unpaired) electrons. The van der Waals surface area contributed by atoms with Gasteiger partial charge in [-0.05, 0) is 30.2 Å². The molecule has 2 rings (SSSR count). The minimum Gasteiger partial charge on any atom is -0.508 e. The van der Waals surface area contributed by atoms with Crippen molar-refractivity contribution < 1.29 is 9.90 Å². The Hall–Kier alpha value is -2.29. The van der Waals surface area contributed by atoms with E-state index in [-0.39, 0.29) is 18.1 Å². The van der Waals surface area contributed by atoms with E-state index >= 15 is 0 Å². The summed E-state index contributed by atoms with van der Waals surface area (Å²) < 4.78 is 0. The molecular formula is C16H17NO2. The number of benzene rings is 2. The van der Waals surface area contributed by atoms with E-state index in [9.17, 15) is 9.90 Å². The van der Waals surface area contributed by atoms with Crippen LogP contribution in [0.3, 0.4) is 0 Å². The molecule has 0 bridgehead atoms. The van der Waals surface area contributed by atoms with E-state index in [0.29, 0.717) is 5.56 Å². The maximum Gasteiger partial charge on any atom is 0.228 e. The quantitative estimate of drug-likeness (QED) is 0.881. The van der Waals surface area contributed by atoms with Crippen molar-refractivity contribution in [3.05, 3.63) is 59.7 Å². The Balaban J connectivity index is 2.03. The summed E-state index contributed by atoms with van der Waals surface area (Å²) in [4.78, 5) is 11.9. The van der Waals surface area contributed by atoms with E-state index in [0.717, 1.165) is 12.1 Å². The van der Waals surface area contributed by atoms with Gasteiger partial charge in [0, 0.05) is 11.3 Å². The fourth-order valence-electron chi connectivity index (χ4n) is 1.91. The monoisotopic (exact) mass is 255 g/mol. The SMILES string of the molecule is CCc1cccc(NC(=O)Cc2ccccc2O)c1. The van der Waals surface area contributed by atoms with Crippen molar-refractivity contribution in [2.45, 2.75) is 19.8 Å². The summed E-state index contributed by atoms with van der Waals surface area (Å²) in [6, 6.07) is 14.6. The van der Waals surface area contributed by atoms with Gasteiger partial charge in [0.1, 0.15) is 5.75 Å². The number of rotatable bonds is 4. The van der Waals surface area contributed by atoms with Crippen LogP contribution in [0, 0.1) is 0 Å². The van der Waals surface area contributed by atoms with E-state index in [4.69, 9.17) is 0 Å². The van der Waals surface area contributed by atoms with Gasteiger partial charge in [0.15, 0.2) is 0 Å². The lowest BCUT2D eigenvalue weighted by atomic mass is 10.1. The highest BCUT2D eigenvalue weighted by atomic mass is 16.3. The van der Waals surface area contributed by atoms with Crippen molar-refractivity contribution in [1.82, 2.24) is 0 Å². The zero-order valence-corrected chi connectivity index (χ0v) is 10.9. The first-order valence-electron chi connectivity index (χ1n) is 6.34. The number of phenolic OH excluding ortho intramolecular Hbond substituents is 1. The van der Waals surface area contributed by atoms with Crippen LogP contribution in [0.1, 0.15) is 18.1 Å². The van der Waals surface area contributed by atoms with Crippen LogP contribution in [0.25, 0.3) is 0 Å². The Labute approximate surface area is 112 Å². The van der Waals surface area contributed by atoms with Gasteiger partial charge in [0.2, 0.25) is 5.91 Å². The molecule has 0 aliphatic heterocycles.